The molecule has 2 aromatic rings. The molecule has 2 N–H and O–H groups in total. The van der Waals surface area contributed by atoms with E-state index >= 15 is 0 Å². The van der Waals surface area contributed by atoms with Gasteiger partial charge in [0.15, 0.2) is 0 Å². The second kappa shape index (κ2) is 10.5. The first-order valence-corrected chi connectivity index (χ1v) is 8.79. The molecule has 0 radical (unpaired) electrons. The van der Waals surface area contributed by atoms with Gasteiger partial charge < -0.3 is 10.2 Å². The molecule has 160 valence electrons. The first kappa shape index (κ1) is 23.8. The van der Waals surface area contributed by atoms with E-state index in [1.165, 1.54) is 60.7 Å². The van der Waals surface area contributed by atoms with Gasteiger partial charge in [-0.25, -0.2) is 9.59 Å². The molecular weight excluding hydrogens is 420 g/mol. The average molecular weight is 434 g/mol. The van der Waals surface area contributed by atoms with Crippen LogP contribution in [-0.2, 0) is 28.8 Å². The fraction of sp³-hybridized carbons (Fsp3) is 0.0909. The Bertz CT molecular complexity index is 1090. The van der Waals surface area contributed by atoms with Gasteiger partial charge in [-0.2, -0.15) is 9.98 Å². The van der Waals surface area contributed by atoms with Crippen LogP contribution < -0.4 is 0 Å². The van der Waals surface area contributed by atoms with Crippen molar-refractivity contribution in [3.05, 3.63) is 71.8 Å². The summed E-state index contributed by atoms with van der Waals surface area (Å²) >= 11 is 0. The minimum absolute atomic E-state index is 0.0297. The van der Waals surface area contributed by atoms with E-state index in [9.17, 15) is 39.0 Å². The second-order valence-corrected chi connectivity index (χ2v) is 6.26. The zero-order valence-electron chi connectivity index (χ0n) is 16.2. The van der Waals surface area contributed by atoms with E-state index in [-0.39, 0.29) is 22.5 Å². The van der Waals surface area contributed by atoms with Gasteiger partial charge in [0.25, 0.3) is 0 Å². The van der Waals surface area contributed by atoms with Crippen molar-refractivity contribution in [2.45, 2.75) is 12.2 Å². The van der Waals surface area contributed by atoms with Crippen molar-refractivity contribution in [2.24, 2.45) is 9.98 Å². The Hall–Kier alpha value is -4.46. The molecular formula is C22H14N2O8. The van der Waals surface area contributed by atoms with E-state index in [4.69, 9.17) is 0 Å². The lowest BCUT2D eigenvalue weighted by atomic mass is 9.93. The number of aliphatic imine (C=N–C) groups is 2. The van der Waals surface area contributed by atoms with Crippen molar-refractivity contribution in [3.8, 4) is 0 Å². The van der Waals surface area contributed by atoms with Gasteiger partial charge in [0.05, 0.1) is 16.9 Å². The van der Waals surface area contributed by atoms with Gasteiger partial charge in [-0.15, -0.1) is 0 Å². The molecule has 32 heavy (non-hydrogen) atoms. The van der Waals surface area contributed by atoms with E-state index in [1.54, 1.807) is 0 Å². The van der Waals surface area contributed by atoms with Crippen molar-refractivity contribution in [1.29, 1.82) is 0 Å². The maximum absolute atomic E-state index is 12.3. The predicted molar refractivity (Wildman–Crippen MR) is 108 cm³/mol. The van der Waals surface area contributed by atoms with Crippen LogP contribution in [0.5, 0.6) is 0 Å². The summed E-state index contributed by atoms with van der Waals surface area (Å²) in [5.74, 6) is -5.86. The van der Waals surface area contributed by atoms with Crippen LogP contribution in [0.15, 0.2) is 70.7 Å². The average Bonchev–Trinajstić information content (AvgIpc) is 2.82. The Labute approximate surface area is 180 Å². The molecule has 0 saturated heterocycles. The van der Waals surface area contributed by atoms with Crippen molar-refractivity contribution in [1.82, 2.24) is 0 Å². The van der Waals surface area contributed by atoms with Crippen LogP contribution in [0.2, 0.25) is 0 Å². The lowest BCUT2D eigenvalue weighted by molar-refractivity contribution is -0.143. The molecule has 10 nitrogen and oxygen atoms in total. The molecule has 0 heterocycles. The summed E-state index contributed by atoms with van der Waals surface area (Å²) in [6, 6.07) is 10.0. The first-order chi connectivity index (χ1) is 15.2. The maximum atomic E-state index is 12.3. The molecule has 0 aliphatic carbocycles. The molecule has 2 atom stereocenters. The Morgan fingerprint density at radius 3 is 1.28 bits per heavy atom. The highest BCUT2D eigenvalue weighted by Crippen LogP contribution is 2.22. The number of carbonyl (C=O) groups excluding carboxylic acids is 6. The largest absolute Gasteiger partial charge is 0.380 e. The van der Waals surface area contributed by atoms with E-state index in [0.29, 0.717) is 0 Å². The van der Waals surface area contributed by atoms with Crippen LogP contribution in [-0.4, -0.2) is 45.5 Å². The summed E-state index contributed by atoms with van der Waals surface area (Å²) in [6.07, 6.45) is -1.31. The van der Waals surface area contributed by atoms with Crippen LogP contribution in [0, 0.1) is 0 Å². The van der Waals surface area contributed by atoms with Crippen molar-refractivity contribution >= 4 is 46.7 Å². The SMILES string of the molecule is C=C(C(=O)C(=O)C(O)c1ccc(N=C=O)cc1)C(=O)C(=O)C(O)c1ccc(N=C=O)cc1. The standard InChI is InChI=1S/C22H14N2O8/c1-12(17(27)21(31)19(29)13-2-6-15(7-3-13)23-10-25)18(28)22(32)20(30)14-4-8-16(9-5-14)24-11-26/h2-9,19-20,29-30H,1H2. The van der Waals surface area contributed by atoms with E-state index in [1.807, 2.05) is 0 Å². The maximum Gasteiger partial charge on any atom is 0.240 e. The molecule has 0 bridgehead atoms. The van der Waals surface area contributed by atoms with Crippen LogP contribution in [0.3, 0.4) is 0 Å². The van der Waals surface area contributed by atoms with Gasteiger partial charge in [0.1, 0.15) is 12.2 Å². The topological polar surface area (TPSA) is 168 Å². The summed E-state index contributed by atoms with van der Waals surface area (Å²) in [5.41, 5.74) is -0.696. The molecule has 2 unspecified atom stereocenters. The number of ketones is 4. The molecule has 0 saturated carbocycles. The number of benzene rings is 2. The normalized spacial score (nSPS) is 11.8. The summed E-state index contributed by atoms with van der Waals surface area (Å²) in [5, 5.41) is 20.2. The highest BCUT2D eigenvalue weighted by atomic mass is 16.3. The van der Waals surface area contributed by atoms with Crippen molar-refractivity contribution in [2.75, 3.05) is 0 Å². The number of hydrogen-bond donors (Lipinski definition) is 2. The van der Waals surface area contributed by atoms with Gasteiger partial charge in [0.2, 0.25) is 35.3 Å². The monoisotopic (exact) mass is 434 g/mol. The van der Waals surface area contributed by atoms with Crippen molar-refractivity contribution < 1.29 is 39.0 Å². The molecule has 0 amide bonds. The Kier molecular flexibility index (Phi) is 7.84. The molecule has 2 rings (SSSR count). The molecule has 0 aromatic heterocycles. The molecule has 0 aliphatic heterocycles. The Balaban J connectivity index is 2.12. The lowest BCUT2D eigenvalue weighted by Gasteiger charge is -2.12. The van der Waals surface area contributed by atoms with Gasteiger partial charge in [-0.3, -0.25) is 19.2 Å². The number of allylic oxidation sites excluding steroid dienone is 1. The predicted octanol–water partition coefficient (Wildman–Crippen LogP) is 1.22. The van der Waals surface area contributed by atoms with Crippen LogP contribution >= 0.6 is 0 Å². The summed E-state index contributed by atoms with van der Waals surface area (Å²) in [7, 11) is 0. The number of Topliss-reactive ketones (excluding diaryl/α,β-unsaturated/α-hetero) is 4. The molecule has 0 aliphatic rings. The zero-order chi connectivity index (χ0) is 23.8. The molecule has 10 heteroatoms. The summed E-state index contributed by atoms with van der Waals surface area (Å²) in [4.78, 5) is 76.1. The number of carbonyl (C=O) groups is 4. The third kappa shape index (κ3) is 5.37. The van der Waals surface area contributed by atoms with Gasteiger partial charge in [-0.05, 0) is 35.4 Å². The van der Waals surface area contributed by atoms with Crippen LogP contribution in [0.4, 0.5) is 11.4 Å². The van der Waals surface area contributed by atoms with E-state index in [0.717, 1.165) is 0 Å². The van der Waals surface area contributed by atoms with Crippen molar-refractivity contribution in [3.63, 3.8) is 0 Å². The highest BCUT2D eigenvalue weighted by Gasteiger charge is 2.34. The second-order valence-electron chi connectivity index (χ2n) is 6.26. The quantitative estimate of drug-likeness (QED) is 0.140. The van der Waals surface area contributed by atoms with Crippen LogP contribution in [0.1, 0.15) is 23.3 Å². The summed E-state index contributed by atoms with van der Waals surface area (Å²) < 4.78 is 0. The van der Waals surface area contributed by atoms with E-state index < -0.39 is 40.9 Å². The minimum Gasteiger partial charge on any atom is -0.380 e. The Morgan fingerprint density at radius 1 is 0.688 bits per heavy atom. The first-order valence-electron chi connectivity index (χ1n) is 8.79. The lowest BCUT2D eigenvalue weighted by Crippen LogP contribution is -2.31. The minimum atomic E-state index is -1.97. The highest BCUT2D eigenvalue weighted by molar-refractivity contribution is 6.60. The fourth-order valence-corrected chi connectivity index (χ4v) is 2.52. The number of nitrogens with zero attached hydrogens (tertiary/aromatic N) is 2. The smallest absolute Gasteiger partial charge is 0.240 e. The molecule has 0 fully saturated rings. The number of aliphatic hydroxyl groups is 2. The number of isocyanates is 2. The van der Waals surface area contributed by atoms with Crippen LogP contribution in [0.25, 0.3) is 0 Å². The van der Waals surface area contributed by atoms with Gasteiger partial charge in [-0.1, -0.05) is 30.8 Å². The third-order valence-corrected chi connectivity index (χ3v) is 4.26. The van der Waals surface area contributed by atoms with Gasteiger partial charge in [0, 0.05) is 0 Å². The molecule has 2 aromatic carbocycles. The molecule has 0 spiro atoms. The number of rotatable bonds is 10. The van der Waals surface area contributed by atoms with Gasteiger partial charge >= 0.3 is 0 Å². The Morgan fingerprint density at radius 2 is 1.00 bits per heavy atom. The zero-order valence-corrected chi connectivity index (χ0v) is 16.2. The van der Waals surface area contributed by atoms with E-state index in [2.05, 4.69) is 16.6 Å². The fourth-order valence-electron chi connectivity index (χ4n) is 2.52. The number of hydrogen-bond acceptors (Lipinski definition) is 10. The number of aliphatic hydroxyl groups excluding tert-OH is 2. The third-order valence-electron chi connectivity index (χ3n) is 4.26. The summed E-state index contributed by atoms with van der Waals surface area (Å²) in [6.45, 7) is 3.15.